The maximum atomic E-state index is 12.7. The summed E-state index contributed by atoms with van der Waals surface area (Å²) in [6, 6.07) is 13.1. The largest absolute Gasteiger partial charge is 0.328 e. The molecule has 1 heterocycles. The van der Waals surface area contributed by atoms with Gasteiger partial charge in [-0.15, -0.1) is 0 Å². The molecule has 144 valence electrons. The molecule has 0 aliphatic rings. The van der Waals surface area contributed by atoms with E-state index in [1.807, 2.05) is 0 Å². The van der Waals surface area contributed by atoms with Crippen LogP contribution in [-0.4, -0.2) is 19.3 Å². The number of anilines is 2. The average Bonchev–Trinajstić information content (AvgIpc) is 2.65. The van der Waals surface area contributed by atoms with Gasteiger partial charge in [0.15, 0.2) is 0 Å². The minimum Gasteiger partial charge on any atom is -0.328 e. The predicted molar refractivity (Wildman–Crippen MR) is 109 cm³/mol. The van der Waals surface area contributed by atoms with E-state index < -0.39 is 21.5 Å². The molecule has 28 heavy (non-hydrogen) atoms. The van der Waals surface area contributed by atoms with Crippen molar-refractivity contribution in [1.29, 1.82) is 0 Å². The lowest BCUT2D eigenvalue weighted by molar-refractivity contribution is 0.102. The molecule has 3 N–H and O–H groups in total. The van der Waals surface area contributed by atoms with E-state index in [-0.39, 0.29) is 31.9 Å². The predicted octanol–water partition coefficient (Wildman–Crippen LogP) is 3.73. The number of hydrogen-bond donors (Lipinski definition) is 3. The molecular weight excluding hydrogens is 425 g/mol. The van der Waals surface area contributed by atoms with E-state index in [4.69, 9.17) is 23.2 Å². The highest BCUT2D eigenvalue weighted by atomic mass is 35.5. The van der Waals surface area contributed by atoms with E-state index in [2.05, 4.69) is 15.0 Å². The van der Waals surface area contributed by atoms with Crippen molar-refractivity contribution in [1.82, 2.24) is 4.98 Å². The molecule has 0 unspecified atom stereocenters. The fourth-order valence-corrected chi connectivity index (χ4v) is 4.18. The van der Waals surface area contributed by atoms with Gasteiger partial charge in [-0.1, -0.05) is 35.3 Å². The second kappa shape index (κ2) is 8.05. The molecule has 7 nitrogen and oxygen atoms in total. The summed E-state index contributed by atoms with van der Waals surface area (Å²) in [6.07, 6.45) is 1.40. The van der Waals surface area contributed by atoms with Gasteiger partial charge < -0.3 is 10.3 Å². The van der Waals surface area contributed by atoms with Crippen LogP contribution in [0.2, 0.25) is 10.0 Å². The molecule has 0 radical (unpaired) electrons. The van der Waals surface area contributed by atoms with Crippen LogP contribution in [0.1, 0.15) is 10.4 Å². The molecule has 0 fully saturated rings. The highest BCUT2D eigenvalue weighted by Crippen LogP contribution is 2.29. The van der Waals surface area contributed by atoms with Crippen molar-refractivity contribution in [2.24, 2.45) is 0 Å². The van der Waals surface area contributed by atoms with Crippen molar-refractivity contribution >= 4 is 50.5 Å². The third kappa shape index (κ3) is 4.36. The zero-order chi connectivity index (χ0) is 20.3. The fourth-order valence-electron chi connectivity index (χ4n) is 2.33. The lowest BCUT2D eigenvalue weighted by Crippen LogP contribution is -2.22. The highest BCUT2D eigenvalue weighted by Gasteiger charge is 2.20. The maximum Gasteiger partial charge on any atom is 0.263 e. The second-order valence-electron chi connectivity index (χ2n) is 5.60. The molecule has 1 aromatic heterocycles. The first kappa shape index (κ1) is 19.9. The fraction of sp³-hybridized carbons (Fsp3) is 0. The third-order valence-electron chi connectivity index (χ3n) is 3.66. The number of para-hydroxylation sites is 1. The van der Waals surface area contributed by atoms with Crippen LogP contribution in [-0.2, 0) is 10.0 Å². The third-order valence-corrected chi connectivity index (χ3v) is 5.84. The van der Waals surface area contributed by atoms with E-state index in [0.717, 1.165) is 0 Å². The average molecular weight is 438 g/mol. The summed E-state index contributed by atoms with van der Waals surface area (Å²) in [5.74, 6) is -0.688. The number of rotatable bonds is 5. The molecule has 0 spiro atoms. The first-order valence-corrected chi connectivity index (χ1v) is 10.1. The van der Waals surface area contributed by atoms with Gasteiger partial charge >= 0.3 is 0 Å². The number of benzene rings is 2. The van der Waals surface area contributed by atoms with Gasteiger partial charge in [0.2, 0.25) is 0 Å². The highest BCUT2D eigenvalue weighted by molar-refractivity contribution is 7.92. The van der Waals surface area contributed by atoms with Crippen LogP contribution in [0.3, 0.4) is 0 Å². The Morgan fingerprint density at radius 2 is 1.71 bits per heavy atom. The first-order chi connectivity index (χ1) is 13.3. The van der Waals surface area contributed by atoms with Crippen molar-refractivity contribution in [2.45, 2.75) is 4.90 Å². The van der Waals surface area contributed by atoms with E-state index in [1.54, 1.807) is 12.1 Å². The van der Waals surface area contributed by atoms with Crippen LogP contribution in [0, 0.1) is 0 Å². The Labute approximate surface area is 170 Å². The number of sulfonamides is 1. The van der Waals surface area contributed by atoms with E-state index in [0.29, 0.717) is 0 Å². The van der Waals surface area contributed by atoms with Gasteiger partial charge in [-0.2, -0.15) is 0 Å². The zero-order valence-corrected chi connectivity index (χ0v) is 16.4. The molecule has 0 aliphatic heterocycles. The van der Waals surface area contributed by atoms with E-state index in [9.17, 15) is 18.0 Å². The van der Waals surface area contributed by atoms with Gasteiger partial charge in [-0.25, -0.2) is 8.42 Å². The summed E-state index contributed by atoms with van der Waals surface area (Å²) in [5.41, 5.74) is -0.346. The van der Waals surface area contributed by atoms with E-state index >= 15 is 0 Å². The molecule has 3 aromatic rings. The Bertz CT molecular complexity index is 1210. The van der Waals surface area contributed by atoms with Gasteiger partial charge in [0.25, 0.3) is 21.5 Å². The van der Waals surface area contributed by atoms with Crippen LogP contribution in [0.15, 0.2) is 70.5 Å². The molecule has 3 rings (SSSR count). The van der Waals surface area contributed by atoms with E-state index in [1.165, 1.54) is 48.7 Å². The van der Waals surface area contributed by atoms with Gasteiger partial charge in [0, 0.05) is 11.9 Å². The summed E-state index contributed by atoms with van der Waals surface area (Å²) >= 11 is 12.0. The molecule has 0 atom stereocenters. The number of pyridine rings is 1. The minimum absolute atomic E-state index is 0.0462. The molecule has 1 amide bonds. The Morgan fingerprint density at radius 1 is 0.964 bits per heavy atom. The molecular formula is C18H13Cl2N3O4S. The number of aromatic nitrogens is 1. The number of halogens is 2. The summed E-state index contributed by atoms with van der Waals surface area (Å²) in [5, 5.41) is 2.65. The molecule has 0 aliphatic carbocycles. The van der Waals surface area contributed by atoms with Gasteiger partial charge in [-0.05, 0) is 42.5 Å². The number of hydrogen-bond acceptors (Lipinski definition) is 4. The molecule has 10 heteroatoms. The van der Waals surface area contributed by atoms with Gasteiger partial charge in [0.05, 0.1) is 15.7 Å². The number of carbonyl (C=O) groups is 1. The smallest absolute Gasteiger partial charge is 0.263 e. The quantitative estimate of drug-likeness (QED) is 0.564. The summed E-state index contributed by atoms with van der Waals surface area (Å²) in [6.45, 7) is 0. The summed E-state index contributed by atoms with van der Waals surface area (Å²) < 4.78 is 27.8. The Balaban J connectivity index is 1.91. The summed E-state index contributed by atoms with van der Waals surface area (Å²) in [4.78, 5) is 26.1. The minimum atomic E-state index is -4.08. The topological polar surface area (TPSA) is 108 Å². The Hall–Kier alpha value is -2.81. The van der Waals surface area contributed by atoms with Crippen molar-refractivity contribution < 1.29 is 13.2 Å². The SMILES string of the molecule is O=C(Nc1ccc(Cl)c(S(=O)(=O)Nc2ccccc2Cl)c1)c1ccc[nH]c1=O. The van der Waals surface area contributed by atoms with Crippen LogP contribution in [0.5, 0.6) is 0 Å². The van der Waals surface area contributed by atoms with Crippen molar-refractivity contribution in [3.8, 4) is 0 Å². The van der Waals surface area contributed by atoms with Crippen molar-refractivity contribution in [3.63, 3.8) is 0 Å². The number of H-pyrrole nitrogens is 1. The monoisotopic (exact) mass is 437 g/mol. The van der Waals surface area contributed by atoms with Crippen molar-refractivity contribution in [2.75, 3.05) is 10.0 Å². The van der Waals surface area contributed by atoms with Gasteiger partial charge in [-0.3, -0.25) is 14.3 Å². The number of aromatic amines is 1. The second-order valence-corrected chi connectivity index (χ2v) is 8.06. The standard InChI is InChI=1S/C18H13Cl2N3O4S/c19-13-5-1-2-6-15(13)23-28(26,27)16-10-11(7-8-14(16)20)22-18(25)12-4-3-9-21-17(12)24/h1-10,23H,(H,21,24)(H,22,25). The Morgan fingerprint density at radius 3 is 2.43 bits per heavy atom. The number of carbonyl (C=O) groups excluding carboxylic acids is 1. The lowest BCUT2D eigenvalue weighted by atomic mass is 10.2. The zero-order valence-electron chi connectivity index (χ0n) is 14.1. The number of nitrogens with one attached hydrogen (secondary N) is 3. The summed E-state index contributed by atoms with van der Waals surface area (Å²) in [7, 11) is -4.08. The lowest BCUT2D eigenvalue weighted by Gasteiger charge is -2.12. The molecule has 0 saturated heterocycles. The normalized spacial score (nSPS) is 11.1. The molecule has 2 aromatic carbocycles. The van der Waals surface area contributed by atoms with Gasteiger partial charge in [0.1, 0.15) is 10.5 Å². The maximum absolute atomic E-state index is 12.7. The molecule has 0 saturated carbocycles. The molecule has 0 bridgehead atoms. The van der Waals surface area contributed by atoms with Crippen LogP contribution < -0.4 is 15.6 Å². The number of amides is 1. The van der Waals surface area contributed by atoms with Crippen LogP contribution in [0.25, 0.3) is 0 Å². The first-order valence-electron chi connectivity index (χ1n) is 7.84. The van der Waals surface area contributed by atoms with Crippen LogP contribution in [0.4, 0.5) is 11.4 Å². The van der Waals surface area contributed by atoms with Crippen LogP contribution >= 0.6 is 23.2 Å². The Kier molecular flexibility index (Phi) is 5.73. The van der Waals surface area contributed by atoms with Crippen molar-refractivity contribution in [3.05, 3.63) is 86.8 Å².